The lowest BCUT2D eigenvalue weighted by Gasteiger charge is -2.36. The van der Waals surface area contributed by atoms with Gasteiger partial charge in [0.2, 0.25) is 0 Å². The number of carbonyl (C=O) groups excluding carboxylic acids is 1. The lowest BCUT2D eigenvalue weighted by atomic mass is 9.91. The van der Waals surface area contributed by atoms with Gasteiger partial charge in [0.15, 0.2) is 0 Å². The zero-order valence-electron chi connectivity index (χ0n) is 17.7. The second-order valence-electron chi connectivity index (χ2n) is 8.37. The van der Waals surface area contributed by atoms with Crippen LogP contribution >= 0.6 is 24.0 Å². The number of amides is 1. The van der Waals surface area contributed by atoms with E-state index in [1.807, 2.05) is 26.0 Å². The fourth-order valence-corrected chi connectivity index (χ4v) is 5.72. The highest BCUT2D eigenvalue weighted by molar-refractivity contribution is 8.26. The molecule has 2 fully saturated rings. The smallest absolute Gasteiger partial charge is 0.267 e. The summed E-state index contributed by atoms with van der Waals surface area (Å²) in [5.41, 5.74) is 1.88. The number of rotatable bonds is 3. The predicted octanol–water partition coefficient (Wildman–Crippen LogP) is 3.71. The zero-order chi connectivity index (χ0) is 21.6. The molecule has 2 aromatic heterocycles. The Morgan fingerprint density at radius 1 is 1.23 bits per heavy atom. The molecule has 8 heteroatoms. The Kier molecular flexibility index (Phi) is 5.72. The molecule has 0 radical (unpaired) electrons. The van der Waals surface area contributed by atoms with E-state index in [9.17, 15) is 9.59 Å². The summed E-state index contributed by atoms with van der Waals surface area (Å²) in [6.07, 6.45) is 4.65. The number of thioether (sulfide) groups is 1. The third kappa shape index (κ3) is 3.78. The van der Waals surface area contributed by atoms with E-state index in [1.54, 1.807) is 21.6 Å². The average molecular weight is 443 g/mol. The normalized spacial score (nSPS) is 23.8. The lowest BCUT2D eigenvalue weighted by molar-refractivity contribution is -0.121. The quantitative estimate of drug-likeness (QED) is 0.534. The number of aryl methyl sites for hydroxylation is 1. The van der Waals surface area contributed by atoms with Gasteiger partial charge in [0.05, 0.1) is 10.5 Å². The Hall–Kier alpha value is -2.19. The molecule has 2 aliphatic heterocycles. The summed E-state index contributed by atoms with van der Waals surface area (Å²) in [5.74, 6) is 1.54. The maximum Gasteiger partial charge on any atom is 0.267 e. The van der Waals surface area contributed by atoms with Crippen LogP contribution in [0.15, 0.2) is 28.0 Å². The summed E-state index contributed by atoms with van der Waals surface area (Å²) in [7, 11) is 0. The van der Waals surface area contributed by atoms with Gasteiger partial charge in [-0.25, -0.2) is 4.98 Å². The van der Waals surface area contributed by atoms with Crippen molar-refractivity contribution in [2.24, 2.45) is 11.8 Å². The number of hydrogen-bond acceptors (Lipinski definition) is 6. The lowest BCUT2D eigenvalue weighted by Crippen LogP contribution is -2.40. The highest BCUT2D eigenvalue weighted by atomic mass is 32.2. The third-order valence-electron chi connectivity index (χ3n) is 5.62. The Morgan fingerprint density at radius 2 is 1.93 bits per heavy atom. The SMILES string of the molecule is CCN1C(=O)/C(=C/c2c(N3C[C@H](C)C[C@@H](C)C3)nc3ccc(C)cn3c2=O)SC1=S. The van der Waals surface area contributed by atoms with Crippen molar-refractivity contribution in [1.82, 2.24) is 14.3 Å². The van der Waals surface area contributed by atoms with E-state index in [0.29, 0.717) is 44.6 Å². The number of likely N-dealkylation sites (N-methyl/N-ethyl adjacent to an activating group) is 1. The van der Waals surface area contributed by atoms with Crippen molar-refractivity contribution in [3.63, 3.8) is 0 Å². The van der Waals surface area contributed by atoms with Crippen molar-refractivity contribution in [2.75, 3.05) is 24.5 Å². The summed E-state index contributed by atoms with van der Waals surface area (Å²) in [6.45, 7) is 10.5. The Balaban J connectivity index is 1.91. The summed E-state index contributed by atoms with van der Waals surface area (Å²) < 4.78 is 2.10. The minimum atomic E-state index is -0.161. The Labute approximate surface area is 186 Å². The molecule has 1 amide bonds. The van der Waals surface area contributed by atoms with Crippen molar-refractivity contribution in [2.45, 2.75) is 34.1 Å². The molecule has 2 atom stereocenters. The Morgan fingerprint density at radius 3 is 2.57 bits per heavy atom. The maximum atomic E-state index is 13.5. The van der Waals surface area contributed by atoms with Gasteiger partial charge in [-0.15, -0.1) is 0 Å². The number of hydrogen-bond donors (Lipinski definition) is 0. The van der Waals surface area contributed by atoms with Crippen LogP contribution in [0, 0.1) is 18.8 Å². The van der Waals surface area contributed by atoms with Gasteiger partial charge in [-0.05, 0) is 49.8 Å². The second-order valence-corrected chi connectivity index (χ2v) is 10.0. The van der Waals surface area contributed by atoms with Crippen LogP contribution in [0.5, 0.6) is 0 Å². The van der Waals surface area contributed by atoms with Crippen molar-refractivity contribution < 1.29 is 4.79 Å². The van der Waals surface area contributed by atoms with E-state index in [0.717, 1.165) is 25.1 Å². The number of piperidine rings is 1. The van der Waals surface area contributed by atoms with Gasteiger partial charge >= 0.3 is 0 Å². The molecule has 2 aliphatic rings. The molecule has 0 bridgehead atoms. The molecular formula is C22H26N4O2S2. The molecule has 0 aliphatic carbocycles. The van der Waals surface area contributed by atoms with Gasteiger partial charge in [0.25, 0.3) is 11.5 Å². The first-order valence-electron chi connectivity index (χ1n) is 10.3. The monoisotopic (exact) mass is 442 g/mol. The van der Waals surface area contributed by atoms with Crippen LogP contribution in [0.25, 0.3) is 11.7 Å². The number of aromatic nitrogens is 2. The first-order chi connectivity index (χ1) is 14.3. The molecule has 30 heavy (non-hydrogen) atoms. The van der Waals surface area contributed by atoms with Crippen LogP contribution in [-0.4, -0.2) is 44.1 Å². The van der Waals surface area contributed by atoms with Gasteiger partial charge in [0.1, 0.15) is 15.8 Å². The van der Waals surface area contributed by atoms with E-state index >= 15 is 0 Å². The fourth-order valence-electron chi connectivity index (χ4n) is 4.35. The summed E-state index contributed by atoms with van der Waals surface area (Å²) in [5, 5.41) is 0. The number of nitrogens with zero attached hydrogens (tertiary/aromatic N) is 4. The van der Waals surface area contributed by atoms with Crippen molar-refractivity contribution in [1.29, 1.82) is 0 Å². The molecule has 4 rings (SSSR count). The summed E-state index contributed by atoms with van der Waals surface area (Å²) in [4.78, 5) is 35.4. The van der Waals surface area contributed by atoms with Gasteiger partial charge in [0, 0.05) is 25.8 Å². The Bertz CT molecular complexity index is 1110. The van der Waals surface area contributed by atoms with Crippen LogP contribution in [0.2, 0.25) is 0 Å². The van der Waals surface area contributed by atoms with Gasteiger partial charge in [-0.2, -0.15) is 0 Å². The number of anilines is 1. The molecule has 0 N–H and O–H groups in total. The first kappa shape index (κ1) is 21.1. The zero-order valence-corrected chi connectivity index (χ0v) is 19.3. The number of thiocarbonyl (C=S) groups is 1. The minimum Gasteiger partial charge on any atom is -0.355 e. The molecule has 4 heterocycles. The van der Waals surface area contributed by atoms with Crippen LogP contribution in [0.3, 0.4) is 0 Å². The highest BCUT2D eigenvalue weighted by Crippen LogP contribution is 2.34. The molecule has 0 saturated carbocycles. The van der Waals surface area contributed by atoms with Crippen LogP contribution in [0.4, 0.5) is 5.82 Å². The molecule has 2 saturated heterocycles. The largest absolute Gasteiger partial charge is 0.355 e. The van der Waals surface area contributed by atoms with E-state index in [1.165, 1.54) is 11.8 Å². The first-order valence-corrected chi connectivity index (χ1v) is 11.5. The summed E-state index contributed by atoms with van der Waals surface area (Å²) >= 11 is 6.59. The molecule has 0 unspecified atom stereocenters. The van der Waals surface area contributed by atoms with E-state index in [4.69, 9.17) is 17.2 Å². The van der Waals surface area contributed by atoms with Crippen LogP contribution < -0.4 is 10.5 Å². The van der Waals surface area contributed by atoms with Gasteiger partial charge in [-0.3, -0.25) is 18.9 Å². The predicted molar refractivity (Wildman–Crippen MR) is 127 cm³/mol. The van der Waals surface area contributed by atoms with Crippen LogP contribution in [-0.2, 0) is 4.79 Å². The molecule has 158 valence electrons. The third-order valence-corrected chi connectivity index (χ3v) is 7.00. The van der Waals surface area contributed by atoms with Gasteiger partial charge in [-0.1, -0.05) is 43.9 Å². The van der Waals surface area contributed by atoms with E-state index in [-0.39, 0.29) is 11.5 Å². The molecule has 0 spiro atoms. The standard InChI is InChI=1S/C22H26N4O2S2/c1-5-25-21(28)17(30-22(25)29)9-16-19(24-10-14(3)8-15(4)11-24)23-18-7-6-13(2)12-26(18)20(16)27/h6-7,9,12,14-15H,5,8,10-11H2,1-4H3/b17-9-/t14-,15-/m1/s1. The molecular weight excluding hydrogens is 416 g/mol. The topological polar surface area (TPSA) is 57.9 Å². The molecule has 0 aromatic carbocycles. The van der Waals surface area contributed by atoms with E-state index in [2.05, 4.69) is 18.7 Å². The van der Waals surface area contributed by atoms with Crippen molar-refractivity contribution >= 4 is 51.7 Å². The number of carbonyl (C=O) groups is 1. The molecule has 6 nitrogen and oxygen atoms in total. The molecule has 2 aromatic rings. The average Bonchev–Trinajstić information content (AvgIpc) is 2.96. The number of fused-ring (bicyclic) bond motifs is 1. The highest BCUT2D eigenvalue weighted by Gasteiger charge is 2.32. The van der Waals surface area contributed by atoms with Gasteiger partial charge < -0.3 is 4.90 Å². The fraction of sp³-hybridized carbons (Fsp3) is 0.455. The van der Waals surface area contributed by atoms with Crippen molar-refractivity contribution in [3.05, 3.63) is 44.7 Å². The summed E-state index contributed by atoms with van der Waals surface area (Å²) in [6, 6.07) is 3.83. The van der Waals surface area contributed by atoms with Crippen LogP contribution in [0.1, 0.15) is 38.3 Å². The number of pyridine rings is 1. The maximum absolute atomic E-state index is 13.5. The minimum absolute atomic E-state index is 0.146. The van der Waals surface area contributed by atoms with E-state index < -0.39 is 0 Å². The van der Waals surface area contributed by atoms with Crippen molar-refractivity contribution in [3.8, 4) is 0 Å². The second kappa shape index (κ2) is 8.15.